The third kappa shape index (κ3) is 6.12. The highest BCUT2D eigenvalue weighted by atomic mass is 35.5. The van der Waals surface area contributed by atoms with Gasteiger partial charge in [-0.15, -0.1) is 0 Å². The first-order valence-electron chi connectivity index (χ1n) is 9.65. The van der Waals surface area contributed by atoms with Gasteiger partial charge in [-0.05, 0) is 55.3 Å². The Balaban J connectivity index is 1.43. The van der Waals surface area contributed by atoms with Gasteiger partial charge >= 0.3 is 0 Å². The van der Waals surface area contributed by atoms with Crippen molar-refractivity contribution in [1.29, 1.82) is 0 Å². The number of piperazine rings is 1. The van der Waals surface area contributed by atoms with Crippen molar-refractivity contribution in [3.8, 4) is 5.75 Å². The zero-order chi connectivity index (χ0) is 20.8. The van der Waals surface area contributed by atoms with Crippen LogP contribution in [0.5, 0.6) is 5.75 Å². The van der Waals surface area contributed by atoms with Crippen molar-refractivity contribution < 1.29 is 14.3 Å². The number of rotatable bonds is 6. The third-order valence-electron chi connectivity index (χ3n) is 4.96. The van der Waals surface area contributed by atoms with E-state index in [0.29, 0.717) is 54.8 Å². The Morgan fingerprint density at radius 2 is 1.41 bits per heavy atom. The van der Waals surface area contributed by atoms with Crippen LogP contribution in [-0.4, -0.2) is 53.9 Å². The van der Waals surface area contributed by atoms with Gasteiger partial charge in [-0.1, -0.05) is 35.3 Å². The van der Waals surface area contributed by atoms with Crippen LogP contribution >= 0.6 is 23.2 Å². The van der Waals surface area contributed by atoms with Crippen molar-refractivity contribution in [2.45, 2.75) is 25.9 Å². The summed E-state index contributed by atoms with van der Waals surface area (Å²) in [6.07, 6.45) is 0.538. The fourth-order valence-corrected chi connectivity index (χ4v) is 3.51. The van der Waals surface area contributed by atoms with Crippen LogP contribution < -0.4 is 4.74 Å². The van der Waals surface area contributed by atoms with Gasteiger partial charge in [-0.3, -0.25) is 9.59 Å². The molecule has 1 fully saturated rings. The number of ether oxygens (including phenoxy) is 1. The normalized spacial score (nSPS) is 15.1. The number of benzene rings is 2. The summed E-state index contributed by atoms with van der Waals surface area (Å²) >= 11 is 11.8. The molecule has 1 atom stereocenters. The first kappa shape index (κ1) is 21.5. The molecular weight excluding hydrogens is 411 g/mol. The van der Waals surface area contributed by atoms with Crippen LogP contribution in [0.1, 0.15) is 18.9 Å². The molecule has 1 saturated heterocycles. The van der Waals surface area contributed by atoms with Gasteiger partial charge in [0, 0.05) is 42.6 Å². The van der Waals surface area contributed by atoms with Gasteiger partial charge in [0.15, 0.2) is 6.10 Å². The van der Waals surface area contributed by atoms with Crippen LogP contribution in [0, 0.1) is 0 Å². The number of nitrogens with zero attached hydrogens (tertiary/aromatic N) is 2. The Morgan fingerprint density at radius 3 is 2.00 bits per heavy atom. The van der Waals surface area contributed by atoms with E-state index in [9.17, 15) is 9.59 Å². The molecule has 3 rings (SSSR count). The molecule has 0 aromatic heterocycles. The summed E-state index contributed by atoms with van der Waals surface area (Å²) in [5.74, 6) is 0.636. The van der Waals surface area contributed by atoms with Crippen molar-refractivity contribution in [2.24, 2.45) is 0 Å². The summed E-state index contributed by atoms with van der Waals surface area (Å²) in [6.45, 7) is 3.85. The molecule has 7 heteroatoms. The van der Waals surface area contributed by atoms with Gasteiger partial charge in [0.05, 0.1) is 0 Å². The molecular formula is C22H24Cl2N2O3. The minimum Gasteiger partial charge on any atom is -0.481 e. The molecule has 0 saturated carbocycles. The molecule has 1 heterocycles. The summed E-state index contributed by atoms with van der Waals surface area (Å²) in [5.41, 5.74) is 1.09. The molecule has 0 bridgehead atoms. The second-order valence-electron chi connectivity index (χ2n) is 7.05. The predicted octanol–water partition coefficient (Wildman–Crippen LogP) is 4.06. The van der Waals surface area contributed by atoms with Gasteiger partial charge < -0.3 is 14.5 Å². The average molecular weight is 435 g/mol. The molecule has 5 nitrogen and oxygen atoms in total. The molecule has 154 valence electrons. The number of carbonyl (C=O) groups excluding carboxylic acids is 2. The second-order valence-corrected chi connectivity index (χ2v) is 7.92. The van der Waals surface area contributed by atoms with Gasteiger partial charge in [0.2, 0.25) is 5.91 Å². The van der Waals surface area contributed by atoms with Crippen molar-refractivity contribution >= 4 is 35.0 Å². The topological polar surface area (TPSA) is 49.9 Å². The average Bonchev–Trinajstić information content (AvgIpc) is 2.74. The summed E-state index contributed by atoms with van der Waals surface area (Å²) in [7, 11) is 0. The highest BCUT2D eigenvalue weighted by Gasteiger charge is 2.27. The number of aryl methyl sites for hydroxylation is 1. The minimum absolute atomic E-state index is 0.0757. The van der Waals surface area contributed by atoms with E-state index >= 15 is 0 Å². The van der Waals surface area contributed by atoms with E-state index in [0.717, 1.165) is 5.56 Å². The fraction of sp³-hybridized carbons (Fsp3) is 0.364. The lowest BCUT2D eigenvalue weighted by atomic mass is 10.1. The second kappa shape index (κ2) is 9.99. The van der Waals surface area contributed by atoms with Crippen LogP contribution in [-0.2, 0) is 16.0 Å². The first-order valence-corrected chi connectivity index (χ1v) is 10.4. The van der Waals surface area contributed by atoms with Crippen molar-refractivity contribution in [2.75, 3.05) is 26.2 Å². The molecule has 0 spiro atoms. The highest BCUT2D eigenvalue weighted by Crippen LogP contribution is 2.18. The third-order valence-corrected chi connectivity index (χ3v) is 5.46. The van der Waals surface area contributed by atoms with E-state index in [1.165, 1.54) is 0 Å². The minimum atomic E-state index is -0.594. The standard InChI is InChI=1S/C22H24Cl2N2O3/c1-16(29-20-9-7-19(24)8-10-20)22(28)26-14-12-25(13-15-26)21(27)11-4-17-2-5-18(23)6-3-17/h2-3,5-10,16H,4,11-15H2,1H3. The largest absolute Gasteiger partial charge is 0.481 e. The Morgan fingerprint density at radius 1 is 0.897 bits per heavy atom. The van der Waals surface area contributed by atoms with E-state index in [2.05, 4.69) is 0 Å². The zero-order valence-electron chi connectivity index (χ0n) is 16.3. The lowest BCUT2D eigenvalue weighted by molar-refractivity contribution is -0.143. The molecule has 0 radical (unpaired) electrons. The fourth-order valence-electron chi connectivity index (χ4n) is 3.26. The Kier molecular flexibility index (Phi) is 7.40. The maximum absolute atomic E-state index is 12.6. The Labute approximate surface area is 181 Å². The number of halogens is 2. The molecule has 1 unspecified atom stereocenters. The number of hydrogen-bond acceptors (Lipinski definition) is 3. The first-order chi connectivity index (χ1) is 13.9. The van der Waals surface area contributed by atoms with Gasteiger partial charge in [-0.25, -0.2) is 0 Å². The van der Waals surface area contributed by atoms with Crippen LogP contribution in [0.3, 0.4) is 0 Å². The SMILES string of the molecule is CC(Oc1ccc(Cl)cc1)C(=O)N1CCN(C(=O)CCc2ccc(Cl)cc2)CC1. The monoisotopic (exact) mass is 434 g/mol. The highest BCUT2D eigenvalue weighted by molar-refractivity contribution is 6.30. The van der Waals surface area contributed by atoms with E-state index < -0.39 is 6.10 Å². The Hall–Kier alpha value is -2.24. The zero-order valence-corrected chi connectivity index (χ0v) is 17.8. The van der Waals surface area contributed by atoms with Crippen LogP contribution in [0.15, 0.2) is 48.5 Å². The number of carbonyl (C=O) groups is 2. The summed E-state index contributed by atoms with van der Waals surface area (Å²) in [5, 5.41) is 1.31. The summed E-state index contributed by atoms with van der Waals surface area (Å²) < 4.78 is 5.71. The van der Waals surface area contributed by atoms with Crippen molar-refractivity contribution in [1.82, 2.24) is 9.80 Å². The maximum Gasteiger partial charge on any atom is 0.263 e. The van der Waals surface area contributed by atoms with Crippen LogP contribution in [0.2, 0.25) is 10.0 Å². The lowest BCUT2D eigenvalue weighted by Crippen LogP contribution is -2.53. The quantitative estimate of drug-likeness (QED) is 0.688. The molecule has 1 aliphatic rings. The van der Waals surface area contributed by atoms with E-state index in [-0.39, 0.29) is 11.8 Å². The predicted molar refractivity (Wildman–Crippen MR) is 114 cm³/mol. The number of amides is 2. The number of hydrogen-bond donors (Lipinski definition) is 0. The molecule has 1 aliphatic heterocycles. The molecule has 29 heavy (non-hydrogen) atoms. The van der Waals surface area contributed by atoms with Gasteiger partial charge in [0.1, 0.15) is 5.75 Å². The summed E-state index contributed by atoms with van der Waals surface area (Å²) in [4.78, 5) is 28.7. The smallest absolute Gasteiger partial charge is 0.263 e. The van der Waals surface area contributed by atoms with E-state index in [1.54, 1.807) is 36.1 Å². The Bertz CT molecular complexity index is 832. The van der Waals surface area contributed by atoms with E-state index in [4.69, 9.17) is 27.9 Å². The molecule has 0 aliphatic carbocycles. The molecule has 2 amide bonds. The maximum atomic E-state index is 12.6. The van der Waals surface area contributed by atoms with Crippen molar-refractivity contribution in [3.05, 3.63) is 64.1 Å². The van der Waals surface area contributed by atoms with Gasteiger partial charge in [0.25, 0.3) is 5.91 Å². The lowest BCUT2D eigenvalue weighted by Gasteiger charge is -2.36. The molecule has 2 aromatic rings. The molecule has 0 N–H and O–H groups in total. The van der Waals surface area contributed by atoms with Crippen molar-refractivity contribution in [3.63, 3.8) is 0 Å². The summed E-state index contributed by atoms with van der Waals surface area (Å²) in [6, 6.07) is 14.5. The van der Waals surface area contributed by atoms with Crippen LogP contribution in [0.25, 0.3) is 0 Å². The molecule has 2 aromatic carbocycles. The van der Waals surface area contributed by atoms with Gasteiger partial charge in [-0.2, -0.15) is 0 Å². The van der Waals surface area contributed by atoms with E-state index in [1.807, 2.05) is 29.2 Å². The van der Waals surface area contributed by atoms with Crippen LogP contribution in [0.4, 0.5) is 0 Å².